The molecule has 6 heteroatoms. The number of pyridine rings is 1. The van der Waals surface area contributed by atoms with Gasteiger partial charge in [-0.15, -0.1) is 0 Å². The molecule has 3 aromatic rings. The van der Waals surface area contributed by atoms with Crippen LogP contribution in [0.1, 0.15) is 0 Å². The van der Waals surface area contributed by atoms with Crippen LogP contribution in [0.25, 0.3) is 11.0 Å². The molecule has 6 nitrogen and oxygen atoms in total. The van der Waals surface area contributed by atoms with Crippen molar-refractivity contribution in [1.82, 2.24) is 15.2 Å². The molecule has 0 saturated heterocycles. The minimum Gasteiger partial charge on any atom is -0.484 e. The molecule has 0 aliphatic carbocycles. The zero-order valence-electron chi connectivity index (χ0n) is 10.5. The second-order valence-electron chi connectivity index (χ2n) is 4.12. The summed E-state index contributed by atoms with van der Waals surface area (Å²) in [4.78, 5) is 15.9. The number of anilines is 1. The molecule has 2 aromatic heterocycles. The van der Waals surface area contributed by atoms with Gasteiger partial charge >= 0.3 is 0 Å². The molecular formula is C14H12N4O2. The highest BCUT2D eigenvalue weighted by atomic mass is 16.5. The first-order valence-electron chi connectivity index (χ1n) is 6.10. The molecule has 100 valence electrons. The Labute approximate surface area is 114 Å². The normalized spacial score (nSPS) is 10.4. The minimum absolute atomic E-state index is 0.0647. The Hall–Kier alpha value is -2.89. The fourth-order valence-corrected chi connectivity index (χ4v) is 1.79. The van der Waals surface area contributed by atoms with Gasteiger partial charge in [-0.2, -0.15) is 5.10 Å². The van der Waals surface area contributed by atoms with Crippen LogP contribution in [0.5, 0.6) is 5.75 Å². The van der Waals surface area contributed by atoms with E-state index in [0.29, 0.717) is 17.2 Å². The third-order valence-corrected chi connectivity index (χ3v) is 2.71. The fraction of sp³-hybridized carbons (Fsp3) is 0.0714. The van der Waals surface area contributed by atoms with Crippen molar-refractivity contribution in [2.45, 2.75) is 0 Å². The molecule has 0 atom stereocenters. The summed E-state index contributed by atoms with van der Waals surface area (Å²) in [6.07, 6.45) is 1.65. The molecule has 0 spiro atoms. The van der Waals surface area contributed by atoms with Crippen LogP contribution in [-0.2, 0) is 4.79 Å². The first-order valence-corrected chi connectivity index (χ1v) is 6.10. The van der Waals surface area contributed by atoms with E-state index in [1.54, 1.807) is 24.4 Å². The van der Waals surface area contributed by atoms with Gasteiger partial charge in [0.05, 0.1) is 5.39 Å². The molecule has 0 aliphatic rings. The van der Waals surface area contributed by atoms with Crippen LogP contribution in [0.2, 0.25) is 0 Å². The number of aromatic nitrogens is 3. The number of carbonyl (C=O) groups is 1. The standard InChI is InChI=1S/C14H12N4O2/c19-12(9-20-10-5-2-1-3-6-10)16-14-11-7-4-8-15-13(11)17-18-14/h1-8H,9H2,(H2,15,16,17,18,19). The van der Waals surface area contributed by atoms with Gasteiger partial charge in [-0.25, -0.2) is 4.98 Å². The third-order valence-electron chi connectivity index (χ3n) is 2.71. The quantitative estimate of drug-likeness (QED) is 0.758. The molecule has 0 radical (unpaired) electrons. The van der Waals surface area contributed by atoms with Crippen LogP contribution < -0.4 is 10.1 Å². The molecule has 1 amide bonds. The van der Waals surface area contributed by atoms with Gasteiger partial charge in [0.2, 0.25) is 0 Å². The van der Waals surface area contributed by atoms with E-state index < -0.39 is 0 Å². The Balaban J connectivity index is 1.64. The molecule has 0 aliphatic heterocycles. The summed E-state index contributed by atoms with van der Waals surface area (Å²) in [6, 6.07) is 12.8. The average molecular weight is 268 g/mol. The SMILES string of the molecule is O=C(COc1ccccc1)Nc1[nH]nc2ncccc12. The second kappa shape index (κ2) is 5.40. The van der Waals surface area contributed by atoms with E-state index in [-0.39, 0.29) is 12.5 Å². The van der Waals surface area contributed by atoms with E-state index in [0.717, 1.165) is 5.39 Å². The zero-order valence-corrected chi connectivity index (χ0v) is 10.5. The minimum atomic E-state index is -0.261. The van der Waals surface area contributed by atoms with E-state index in [1.807, 2.05) is 24.3 Å². The number of benzene rings is 1. The van der Waals surface area contributed by atoms with E-state index in [2.05, 4.69) is 20.5 Å². The maximum Gasteiger partial charge on any atom is 0.263 e. The van der Waals surface area contributed by atoms with Gasteiger partial charge in [0.1, 0.15) is 11.6 Å². The number of nitrogens with zero attached hydrogens (tertiary/aromatic N) is 2. The Morgan fingerprint density at radius 3 is 2.90 bits per heavy atom. The predicted octanol–water partition coefficient (Wildman–Crippen LogP) is 1.98. The van der Waals surface area contributed by atoms with Crippen molar-refractivity contribution in [3.05, 3.63) is 48.7 Å². The van der Waals surface area contributed by atoms with Crippen LogP contribution in [0.15, 0.2) is 48.7 Å². The van der Waals surface area contributed by atoms with Crippen LogP contribution in [0, 0.1) is 0 Å². The van der Waals surface area contributed by atoms with Crippen molar-refractivity contribution in [2.24, 2.45) is 0 Å². The molecule has 0 unspecified atom stereocenters. The number of amides is 1. The first-order chi connectivity index (χ1) is 9.83. The summed E-state index contributed by atoms with van der Waals surface area (Å²) in [5.41, 5.74) is 0.562. The number of hydrogen-bond acceptors (Lipinski definition) is 4. The molecule has 0 bridgehead atoms. The highest BCUT2D eigenvalue weighted by molar-refractivity contribution is 5.99. The first kappa shape index (κ1) is 12.2. The largest absolute Gasteiger partial charge is 0.484 e. The summed E-state index contributed by atoms with van der Waals surface area (Å²) < 4.78 is 5.37. The molecule has 2 N–H and O–H groups in total. The number of fused-ring (bicyclic) bond motifs is 1. The lowest BCUT2D eigenvalue weighted by atomic mass is 10.3. The van der Waals surface area contributed by atoms with Gasteiger partial charge in [0, 0.05) is 6.20 Å². The smallest absolute Gasteiger partial charge is 0.263 e. The highest BCUT2D eigenvalue weighted by Gasteiger charge is 2.09. The van der Waals surface area contributed by atoms with Crippen molar-refractivity contribution in [2.75, 3.05) is 11.9 Å². The molecule has 1 aromatic carbocycles. The summed E-state index contributed by atoms with van der Waals surface area (Å²) >= 11 is 0. The number of hydrogen-bond donors (Lipinski definition) is 2. The summed E-state index contributed by atoms with van der Waals surface area (Å²) in [7, 11) is 0. The van der Waals surface area contributed by atoms with Gasteiger partial charge in [-0.1, -0.05) is 18.2 Å². The number of ether oxygens (including phenoxy) is 1. The zero-order chi connectivity index (χ0) is 13.8. The van der Waals surface area contributed by atoms with E-state index in [9.17, 15) is 4.79 Å². The van der Waals surface area contributed by atoms with Crippen LogP contribution in [0.4, 0.5) is 5.82 Å². The van der Waals surface area contributed by atoms with E-state index in [4.69, 9.17) is 4.74 Å². The average Bonchev–Trinajstić information content (AvgIpc) is 2.90. The lowest BCUT2D eigenvalue weighted by molar-refractivity contribution is -0.118. The molecular weight excluding hydrogens is 256 g/mol. The van der Waals surface area contributed by atoms with Crippen molar-refractivity contribution >= 4 is 22.8 Å². The monoisotopic (exact) mass is 268 g/mol. The fourth-order valence-electron chi connectivity index (χ4n) is 1.79. The second-order valence-corrected chi connectivity index (χ2v) is 4.12. The lowest BCUT2D eigenvalue weighted by Gasteiger charge is -2.06. The highest BCUT2D eigenvalue weighted by Crippen LogP contribution is 2.17. The third kappa shape index (κ3) is 2.59. The van der Waals surface area contributed by atoms with Crippen molar-refractivity contribution in [3.8, 4) is 5.75 Å². The van der Waals surface area contributed by atoms with Crippen molar-refractivity contribution in [3.63, 3.8) is 0 Å². The molecule has 2 heterocycles. The number of nitrogens with one attached hydrogen (secondary N) is 2. The summed E-state index contributed by atoms with van der Waals surface area (Å²) in [6.45, 7) is -0.0647. The van der Waals surface area contributed by atoms with Gasteiger partial charge in [-0.3, -0.25) is 9.89 Å². The van der Waals surface area contributed by atoms with Gasteiger partial charge in [0.25, 0.3) is 5.91 Å². The van der Waals surface area contributed by atoms with Gasteiger partial charge < -0.3 is 10.1 Å². The summed E-state index contributed by atoms with van der Waals surface area (Å²) in [5, 5.41) is 10.2. The van der Waals surface area contributed by atoms with Gasteiger partial charge in [0.15, 0.2) is 12.3 Å². The van der Waals surface area contributed by atoms with Crippen molar-refractivity contribution < 1.29 is 9.53 Å². The topological polar surface area (TPSA) is 79.9 Å². The van der Waals surface area contributed by atoms with Crippen LogP contribution >= 0.6 is 0 Å². The predicted molar refractivity (Wildman–Crippen MR) is 74.5 cm³/mol. The molecule has 3 rings (SSSR count). The maximum atomic E-state index is 11.8. The number of para-hydroxylation sites is 1. The van der Waals surface area contributed by atoms with Crippen molar-refractivity contribution in [1.29, 1.82) is 0 Å². The Morgan fingerprint density at radius 2 is 2.05 bits per heavy atom. The number of rotatable bonds is 4. The summed E-state index contributed by atoms with van der Waals surface area (Å²) in [5.74, 6) is 0.914. The number of aromatic amines is 1. The Bertz CT molecular complexity index is 724. The Kier molecular flexibility index (Phi) is 3.28. The van der Waals surface area contributed by atoms with Crippen LogP contribution in [-0.4, -0.2) is 27.7 Å². The molecule has 20 heavy (non-hydrogen) atoms. The Morgan fingerprint density at radius 1 is 1.20 bits per heavy atom. The van der Waals surface area contributed by atoms with Gasteiger partial charge in [-0.05, 0) is 24.3 Å². The molecule has 0 fully saturated rings. The van der Waals surface area contributed by atoms with Crippen LogP contribution in [0.3, 0.4) is 0 Å². The lowest BCUT2D eigenvalue weighted by Crippen LogP contribution is -2.20. The maximum absolute atomic E-state index is 11.8. The number of H-pyrrole nitrogens is 1. The number of carbonyl (C=O) groups excluding carboxylic acids is 1. The van der Waals surface area contributed by atoms with E-state index in [1.165, 1.54) is 0 Å². The van der Waals surface area contributed by atoms with E-state index >= 15 is 0 Å². The molecule has 0 saturated carbocycles.